The third-order valence-corrected chi connectivity index (χ3v) is 3.15. The Bertz CT molecular complexity index is 347. The Morgan fingerprint density at radius 3 is 2.59 bits per heavy atom. The molecule has 96 valence electrons. The van der Waals surface area contributed by atoms with Gasteiger partial charge in [0, 0.05) is 31.0 Å². The summed E-state index contributed by atoms with van der Waals surface area (Å²) in [7, 11) is 0. The summed E-state index contributed by atoms with van der Waals surface area (Å²) in [5.41, 5.74) is 8.38. The maximum absolute atomic E-state index is 5.86. The highest BCUT2D eigenvalue weighted by atomic mass is 15.2. The van der Waals surface area contributed by atoms with E-state index in [0.29, 0.717) is 6.54 Å². The lowest BCUT2D eigenvalue weighted by Crippen LogP contribution is -2.49. The average Bonchev–Trinajstić information content (AvgIpc) is 2.28. The molecule has 1 heterocycles. The van der Waals surface area contributed by atoms with Crippen LogP contribution in [0.3, 0.4) is 0 Å². The van der Waals surface area contributed by atoms with Crippen molar-refractivity contribution in [3.05, 3.63) is 29.6 Å². The minimum atomic E-state index is 0.0414. The van der Waals surface area contributed by atoms with Gasteiger partial charge in [-0.05, 0) is 44.9 Å². The summed E-state index contributed by atoms with van der Waals surface area (Å²) in [6.07, 6.45) is 4.98. The predicted octanol–water partition coefficient (Wildman–Crippen LogP) is 2.34. The Morgan fingerprint density at radius 1 is 1.35 bits per heavy atom. The molecule has 0 aromatic carbocycles. The Hall–Kier alpha value is -0.930. The quantitative estimate of drug-likeness (QED) is 0.823. The lowest BCUT2D eigenvalue weighted by molar-refractivity contribution is 0.118. The number of hydrogen-bond acceptors (Lipinski definition) is 3. The van der Waals surface area contributed by atoms with E-state index in [2.05, 4.69) is 43.6 Å². The monoisotopic (exact) mass is 235 g/mol. The van der Waals surface area contributed by atoms with Crippen LogP contribution in [-0.2, 0) is 6.54 Å². The van der Waals surface area contributed by atoms with Gasteiger partial charge in [-0.15, -0.1) is 0 Å². The van der Waals surface area contributed by atoms with Gasteiger partial charge in [0.2, 0.25) is 0 Å². The molecule has 0 fully saturated rings. The van der Waals surface area contributed by atoms with Crippen LogP contribution in [0.1, 0.15) is 38.3 Å². The van der Waals surface area contributed by atoms with Gasteiger partial charge in [-0.25, -0.2) is 0 Å². The van der Waals surface area contributed by atoms with Crippen molar-refractivity contribution in [1.82, 2.24) is 9.88 Å². The van der Waals surface area contributed by atoms with Gasteiger partial charge in [0.05, 0.1) is 0 Å². The lowest BCUT2D eigenvalue weighted by Gasteiger charge is -2.37. The van der Waals surface area contributed by atoms with E-state index in [9.17, 15) is 0 Å². The van der Waals surface area contributed by atoms with Crippen molar-refractivity contribution in [2.75, 3.05) is 13.1 Å². The Labute approximate surface area is 105 Å². The van der Waals surface area contributed by atoms with Crippen molar-refractivity contribution in [1.29, 1.82) is 0 Å². The number of aromatic nitrogens is 1. The topological polar surface area (TPSA) is 42.2 Å². The first kappa shape index (κ1) is 14.1. The molecule has 0 aliphatic rings. The molecule has 1 rings (SSSR count). The van der Waals surface area contributed by atoms with E-state index in [1.807, 2.05) is 12.4 Å². The van der Waals surface area contributed by atoms with Crippen LogP contribution in [0.15, 0.2) is 18.5 Å². The minimum absolute atomic E-state index is 0.0414. The predicted molar refractivity (Wildman–Crippen MR) is 72.8 cm³/mol. The third kappa shape index (κ3) is 4.10. The van der Waals surface area contributed by atoms with E-state index >= 15 is 0 Å². The maximum atomic E-state index is 5.86. The molecule has 2 N–H and O–H groups in total. The molecule has 3 heteroatoms. The van der Waals surface area contributed by atoms with Gasteiger partial charge in [-0.1, -0.05) is 13.0 Å². The number of pyridine rings is 1. The SMILES string of the molecule is CCCN(Cc1cncc(C)c1)C(C)(C)CN. The minimum Gasteiger partial charge on any atom is -0.329 e. The standard InChI is InChI=1S/C14H25N3/c1-5-6-17(14(3,4)11-15)10-13-7-12(2)8-16-9-13/h7-9H,5-6,10-11,15H2,1-4H3. The Morgan fingerprint density at radius 2 is 2.06 bits per heavy atom. The normalized spacial score (nSPS) is 12.1. The zero-order valence-electron chi connectivity index (χ0n) is 11.5. The fraction of sp³-hybridized carbons (Fsp3) is 0.643. The molecule has 0 spiro atoms. The third-order valence-electron chi connectivity index (χ3n) is 3.15. The molecule has 0 bridgehead atoms. The van der Waals surface area contributed by atoms with E-state index in [0.717, 1.165) is 19.5 Å². The summed E-state index contributed by atoms with van der Waals surface area (Å²) >= 11 is 0. The molecule has 1 aromatic heterocycles. The van der Waals surface area contributed by atoms with Crippen LogP contribution in [0, 0.1) is 6.92 Å². The lowest BCUT2D eigenvalue weighted by atomic mass is 10.0. The van der Waals surface area contributed by atoms with Crippen molar-refractivity contribution >= 4 is 0 Å². The molecule has 0 unspecified atom stereocenters. The van der Waals surface area contributed by atoms with Crippen molar-refractivity contribution < 1.29 is 0 Å². The molecule has 3 nitrogen and oxygen atoms in total. The molecule has 0 atom stereocenters. The van der Waals surface area contributed by atoms with Crippen molar-refractivity contribution in [2.24, 2.45) is 5.73 Å². The van der Waals surface area contributed by atoms with Crippen LogP contribution < -0.4 is 5.73 Å². The van der Waals surface area contributed by atoms with Crippen LogP contribution in [0.4, 0.5) is 0 Å². The van der Waals surface area contributed by atoms with Crippen LogP contribution >= 0.6 is 0 Å². The first-order chi connectivity index (χ1) is 7.99. The number of rotatable bonds is 6. The molecule has 0 saturated heterocycles. The van der Waals surface area contributed by atoms with Crippen LogP contribution in [0.25, 0.3) is 0 Å². The Balaban J connectivity index is 2.80. The number of nitrogens with zero attached hydrogens (tertiary/aromatic N) is 2. The zero-order chi connectivity index (χ0) is 12.9. The second kappa shape index (κ2) is 6.12. The zero-order valence-corrected chi connectivity index (χ0v) is 11.5. The van der Waals surface area contributed by atoms with Crippen LogP contribution in [0.5, 0.6) is 0 Å². The van der Waals surface area contributed by atoms with Gasteiger partial charge in [0.1, 0.15) is 0 Å². The number of nitrogens with two attached hydrogens (primary N) is 1. The van der Waals surface area contributed by atoms with Gasteiger partial charge in [-0.2, -0.15) is 0 Å². The molecule has 0 radical (unpaired) electrons. The number of aryl methyl sites for hydroxylation is 1. The van der Waals surface area contributed by atoms with Crippen LogP contribution in [-0.4, -0.2) is 28.5 Å². The second-order valence-electron chi connectivity index (χ2n) is 5.31. The summed E-state index contributed by atoms with van der Waals surface area (Å²) < 4.78 is 0. The van der Waals surface area contributed by atoms with E-state index in [4.69, 9.17) is 5.73 Å². The maximum Gasteiger partial charge on any atom is 0.0313 e. The summed E-state index contributed by atoms with van der Waals surface area (Å²) in [5.74, 6) is 0. The average molecular weight is 235 g/mol. The van der Waals surface area contributed by atoms with Gasteiger partial charge in [-0.3, -0.25) is 9.88 Å². The highest BCUT2D eigenvalue weighted by molar-refractivity contribution is 5.16. The highest BCUT2D eigenvalue weighted by Crippen LogP contribution is 2.17. The summed E-state index contributed by atoms with van der Waals surface area (Å²) in [6, 6.07) is 2.20. The first-order valence-electron chi connectivity index (χ1n) is 6.35. The largest absolute Gasteiger partial charge is 0.329 e. The Kier molecular flexibility index (Phi) is 5.09. The first-order valence-corrected chi connectivity index (χ1v) is 6.35. The summed E-state index contributed by atoms with van der Waals surface area (Å²) in [4.78, 5) is 6.68. The van der Waals surface area contributed by atoms with Crippen molar-refractivity contribution in [2.45, 2.75) is 46.2 Å². The molecule has 0 aliphatic carbocycles. The molecule has 0 saturated carbocycles. The van der Waals surface area contributed by atoms with Gasteiger partial charge in [0.15, 0.2) is 0 Å². The van der Waals surface area contributed by atoms with Gasteiger partial charge >= 0.3 is 0 Å². The highest BCUT2D eigenvalue weighted by Gasteiger charge is 2.24. The van der Waals surface area contributed by atoms with Gasteiger partial charge < -0.3 is 5.73 Å². The summed E-state index contributed by atoms with van der Waals surface area (Å²) in [5, 5.41) is 0. The number of hydrogen-bond donors (Lipinski definition) is 1. The van der Waals surface area contributed by atoms with Gasteiger partial charge in [0.25, 0.3) is 0 Å². The second-order valence-corrected chi connectivity index (χ2v) is 5.31. The van der Waals surface area contributed by atoms with E-state index in [1.165, 1.54) is 11.1 Å². The van der Waals surface area contributed by atoms with Crippen molar-refractivity contribution in [3.8, 4) is 0 Å². The summed E-state index contributed by atoms with van der Waals surface area (Å²) in [6.45, 7) is 11.3. The molecular formula is C14H25N3. The molecule has 1 aromatic rings. The van der Waals surface area contributed by atoms with E-state index in [1.54, 1.807) is 0 Å². The fourth-order valence-corrected chi connectivity index (χ4v) is 1.92. The fourth-order valence-electron chi connectivity index (χ4n) is 1.92. The van der Waals surface area contributed by atoms with Crippen LogP contribution in [0.2, 0.25) is 0 Å². The molecule has 0 amide bonds. The van der Waals surface area contributed by atoms with E-state index in [-0.39, 0.29) is 5.54 Å². The molecule has 0 aliphatic heterocycles. The molecule has 17 heavy (non-hydrogen) atoms. The van der Waals surface area contributed by atoms with Crippen molar-refractivity contribution in [3.63, 3.8) is 0 Å². The van der Waals surface area contributed by atoms with E-state index < -0.39 is 0 Å². The molecular weight excluding hydrogens is 210 g/mol. The smallest absolute Gasteiger partial charge is 0.0313 e.